The fourth-order valence-electron chi connectivity index (χ4n) is 8.54. The van der Waals surface area contributed by atoms with Gasteiger partial charge in [0.2, 0.25) is 5.91 Å². The van der Waals surface area contributed by atoms with Crippen LogP contribution < -0.4 is 5.32 Å². The van der Waals surface area contributed by atoms with E-state index in [2.05, 4.69) is 16.3 Å². The van der Waals surface area contributed by atoms with E-state index in [9.17, 15) is 45.5 Å². The van der Waals surface area contributed by atoms with Gasteiger partial charge in [0, 0.05) is 50.4 Å². The van der Waals surface area contributed by atoms with Crippen LogP contribution in [0.15, 0.2) is 42.5 Å². The smallest absolute Gasteiger partial charge is 0.416 e. The first-order valence-corrected chi connectivity index (χ1v) is 19.8. The molecule has 4 aliphatic heterocycles. The van der Waals surface area contributed by atoms with E-state index < -0.39 is 29.4 Å². The Labute approximate surface area is 335 Å². The van der Waals surface area contributed by atoms with Crippen molar-refractivity contribution in [3.63, 3.8) is 0 Å². The number of urea groups is 1. The van der Waals surface area contributed by atoms with Crippen molar-refractivity contribution in [3.8, 4) is 0 Å². The second kappa shape index (κ2) is 19.5. The quantitative estimate of drug-likeness (QED) is 0.230. The van der Waals surface area contributed by atoms with Crippen LogP contribution in [0.4, 0.5) is 41.6 Å². The summed E-state index contributed by atoms with van der Waals surface area (Å²) in [5.41, 5.74) is -0.824. The molecular weight excluding hydrogens is 772 g/mol. The van der Waals surface area contributed by atoms with Crippen LogP contribution in [0.1, 0.15) is 67.7 Å². The fraction of sp³-hybridized carbons (Fsp3) is 0.610. The Bertz CT molecular complexity index is 1700. The van der Waals surface area contributed by atoms with Gasteiger partial charge in [0.25, 0.3) is 0 Å². The van der Waals surface area contributed by atoms with Gasteiger partial charge in [0.1, 0.15) is 0 Å². The normalized spacial score (nSPS) is 19.6. The molecule has 1 N–H and O–H groups in total. The highest BCUT2D eigenvalue weighted by molar-refractivity contribution is 5.91. The third-order valence-corrected chi connectivity index (χ3v) is 11.8. The Morgan fingerprint density at radius 2 is 1.31 bits per heavy atom. The van der Waals surface area contributed by atoms with Crippen LogP contribution in [0.5, 0.6) is 0 Å². The number of likely N-dealkylation sites (tertiary alicyclic amines) is 3. The van der Waals surface area contributed by atoms with Gasteiger partial charge >= 0.3 is 30.4 Å². The average molecular weight is 826 g/mol. The molecule has 58 heavy (non-hydrogen) atoms. The summed E-state index contributed by atoms with van der Waals surface area (Å²) in [6.45, 7) is 6.47. The largest absolute Gasteiger partial charge is 0.468 e. The molecule has 4 amide bonds. The number of carbonyl (C=O) groups is 4. The Morgan fingerprint density at radius 3 is 1.86 bits per heavy atom. The molecule has 11 nitrogen and oxygen atoms in total. The van der Waals surface area contributed by atoms with Crippen molar-refractivity contribution in [1.82, 2.24) is 19.6 Å². The maximum absolute atomic E-state index is 13.1. The van der Waals surface area contributed by atoms with Crippen molar-refractivity contribution in [2.75, 3.05) is 71.9 Å². The van der Waals surface area contributed by atoms with Crippen molar-refractivity contribution in [2.24, 2.45) is 17.8 Å². The van der Waals surface area contributed by atoms with Crippen LogP contribution in [-0.4, -0.2) is 116 Å². The number of halogens is 6. The summed E-state index contributed by atoms with van der Waals surface area (Å²) in [6, 6.07) is 9.54. The standard InChI is InChI=1S/C25H32F6N2O3.C16H21N3O3/c1-16(11-17-12-20(24(26,27)28)14-21(13-17)25(29,30)31)23(35)33-9-5-19(6-10-33)18-3-7-32(8-4-18)15-22(34)36-2;1-22-16(21)18-9-7-13(8-10-18)19-11-6-12-4-2-3-5-14(12)17-15(19)20/h12-14,16,18-19H,3-11,15H2,1-2H3;2-5,13H,6-11H2,1H3,(H,17,20)/t16-;/m1./s1. The van der Waals surface area contributed by atoms with E-state index in [0.717, 1.165) is 63.7 Å². The number of benzene rings is 2. The first-order valence-electron chi connectivity index (χ1n) is 19.8. The minimum Gasteiger partial charge on any atom is -0.468 e. The number of nitrogens with one attached hydrogen (secondary N) is 1. The van der Waals surface area contributed by atoms with Crippen LogP contribution in [0, 0.1) is 17.8 Å². The summed E-state index contributed by atoms with van der Waals surface area (Å²) in [7, 11) is 2.76. The highest BCUT2D eigenvalue weighted by Gasteiger charge is 2.38. The molecule has 4 heterocycles. The lowest BCUT2D eigenvalue weighted by molar-refractivity contribution is -0.144. The second-order valence-electron chi connectivity index (χ2n) is 15.6. The van der Waals surface area contributed by atoms with Gasteiger partial charge in [-0.1, -0.05) is 25.1 Å². The first kappa shape index (κ1) is 44.6. The number of hydrogen-bond donors (Lipinski definition) is 1. The summed E-state index contributed by atoms with van der Waals surface area (Å²) in [5.74, 6) is -0.309. The molecule has 0 aliphatic carbocycles. The van der Waals surface area contributed by atoms with Crippen LogP contribution in [-0.2, 0) is 44.3 Å². The maximum Gasteiger partial charge on any atom is 0.416 e. The van der Waals surface area contributed by atoms with Crippen molar-refractivity contribution >= 4 is 29.7 Å². The zero-order valence-electron chi connectivity index (χ0n) is 33.2. The molecule has 1 atom stereocenters. The maximum atomic E-state index is 13.1. The molecule has 0 aromatic heterocycles. The van der Waals surface area contributed by atoms with Crippen LogP contribution in [0.25, 0.3) is 0 Å². The summed E-state index contributed by atoms with van der Waals surface area (Å²) in [6.07, 6.45) is -4.35. The minimum atomic E-state index is -4.92. The molecule has 2 aromatic carbocycles. The van der Waals surface area contributed by atoms with Gasteiger partial charge in [-0.3, -0.25) is 14.5 Å². The SMILES string of the molecule is COC(=O)CN1CCC(C2CCN(C(=O)[C@H](C)Cc3cc(C(F)(F)F)cc(C(F)(F)F)c3)CC2)CC1.COC(=O)N1CCC(N2CCc3ccccc3NC2=O)CC1. The number of carbonyl (C=O) groups excluding carboxylic acids is 4. The molecule has 0 spiro atoms. The van der Waals surface area contributed by atoms with E-state index in [1.165, 1.54) is 19.8 Å². The predicted molar refractivity (Wildman–Crippen MR) is 203 cm³/mol. The van der Waals surface area contributed by atoms with E-state index in [1.54, 1.807) is 16.7 Å². The summed E-state index contributed by atoms with van der Waals surface area (Å²) < 4.78 is 88.3. The van der Waals surface area contributed by atoms with Gasteiger partial charge in [0.05, 0.1) is 31.9 Å². The molecule has 320 valence electrons. The van der Waals surface area contributed by atoms with E-state index >= 15 is 0 Å². The van der Waals surface area contributed by atoms with Gasteiger partial charge in [-0.2, -0.15) is 26.3 Å². The van der Waals surface area contributed by atoms with Crippen LogP contribution in [0.2, 0.25) is 0 Å². The number of amides is 4. The van der Waals surface area contributed by atoms with Gasteiger partial charge in [0.15, 0.2) is 0 Å². The Morgan fingerprint density at radius 1 is 0.759 bits per heavy atom. The highest BCUT2D eigenvalue weighted by atomic mass is 19.4. The number of para-hydroxylation sites is 1. The molecule has 4 aliphatic rings. The number of methoxy groups -OCH3 is 2. The van der Waals surface area contributed by atoms with Gasteiger partial charge in [-0.25, -0.2) is 9.59 Å². The van der Waals surface area contributed by atoms with Gasteiger partial charge < -0.3 is 29.5 Å². The molecule has 3 fully saturated rings. The van der Waals surface area contributed by atoms with E-state index in [0.29, 0.717) is 56.7 Å². The molecule has 0 radical (unpaired) electrons. The molecule has 6 rings (SSSR count). The number of ether oxygens (including phenoxy) is 2. The third kappa shape index (κ3) is 11.8. The molecule has 2 aromatic rings. The van der Waals surface area contributed by atoms with Gasteiger partial charge in [-0.15, -0.1) is 0 Å². The molecule has 0 unspecified atom stereocenters. The van der Waals surface area contributed by atoms with Crippen molar-refractivity contribution < 1.29 is 55.0 Å². The molecular formula is C41H53F6N5O6. The summed E-state index contributed by atoms with van der Waals surface area (Å²) >= 11 is 0. The monoisotopic (exact) mass is 825 g/mol. The van der Waals surface area contributed by atoms with E-state index in [4.69, 9.17) is 9.47 Å². The summed E-state index contributed by atoms with van der Waals surface area (Å²) in [5, 5.41) is 3.00. The van der Waals surface area contributed by atoms with E-state index in [1.807, 2.05) is 23.1 Å². The predicted octanol–water partition coefficient (Wildman–Crippen LogP) is 7.33. The molecule has 0 bridgehead atoms. The average Bonchev–Trinajstić information content (AvgIpc) is 3.38. The molecule has 17 heteroatoms. The minimum absolute atomic E-state index is 0.0403. The number of nitrogens with zero attached hydrogens (tertiary/aromatic N) is 4. The lowest BCUT2D eigenvalue weighted by Gasteiger charge is -2.40. The number of fused-ring (bicyclic) bond motifs is 1. The van der Waals surface area contributed by atoms with Crippen molar-refractivity contribution in [1.29, 1.82) is 0 Å². The topological polar surface area (TPSA) is 112 Å². The number of rotatable bonds is 7. The number of hydrogen-bond acceptors (Lipinski definition) is 7. The van der Waals surface area contributed by atoms with Crippen LogP contribution in [0.3, 0.4) is 0 Å². The zero-order valence-corrected chi connectivity index (χ0v) is 33.2. The third-order valence-electron chi connectivity index (χ3n) is 11.8. The number of alkyl halides is 6. The Hall–Kier alpha value is -4.54. The van der Waals surface area contributed by atoms with Crippen molar-refractivity contribution in [2.45, 2.75) is 76.7 Å². The first-order chi connectivity index (χ1) is 27.5. The number of anilines is 1. The van der Waals surface area contributed by atoms with Crippen LogP contribution >= 0.6 is 0 Å². The zero-order chi connectivity index (χ0) is 42.2. The van der Waals surface area contributed by atoms with Crippen molar-refractivity contribution in [3.05, 3.63) is 64.7 Å². The van der Waals surface area contributed by atoms with Gasteiger partial charge in [-0.05, 0) is 112 Å². The second-order valence-corrected chi connectivity index (χ2v) is 15.6. The number of piperidine rings is 3. The molecule has 0 saturated carbocycles. The Balaban J connectivity index is 0.000000247. The lowest BCUT2D eigenvalue weighted by atomic mass is 9.78. The Kier molecular flexibility index (Phi) is 15.0. The van der Waals surface area contributed by atoms with E-state index in [-0.39, 0.29) is 54.6 Å². The molecule has 3 saturated heterocycles. The summed E-state index contributed by atoms with van der Waals surface area (Å²) in [4.78, 5) is 55.7. The highest BCUT2D eigenvalue weighted by Crippen LogP contribution is 2.37. The lowest BCUT2D eigenvalue weighted by Crippen LogP contribution is -2.50. The fourth-order valence-corrected chi connectivity index (χ4v) is 8.54. The number of esters is 1.